The van der Waals surface area contributed by atoms with Crippen molar-refractivity contribution in [2.45, 2.75) is 57.8 Å². The molecule has 0 fully saturated rings. The maximum atomic E-state index is 11.8. The van der Waals surface area contributed by atoms with Crippen LogP contribution in [0, 0.1) is 0 Å². The Morgan fingerprint density at radius 1 is 1.22 bits per heavy atom. The third kappa shape index (κ3) is 5.78. The molecule has 0 N–H and O–H groups in total. The molecule has 1 heterocycles. The highest BCUT2D eigenvalue weighted by Crippen LogP contribution is 2.37. The van der Waals surface area contributed by atoms with Crippen LogP contribution in [0.1, 0.15) is 49.3 Å². The number of imidazole rings is 1. The van der Waals surface area contributed by atoms with Crippen molar-refractivity contribution in [3.63, 3.8) is 0 Å². The summed E-state index contributed by atoms with van der Waals surface area (Å²) in [5, 5.41) is 0.156. The molecule has 27 heavy (non-hydrogen) atoms. The Morgan fingerprint density at radius 3 is 2.48 bits per heavy atom. The number of nitrogens with zero attached hydrogens (tertiary/aromatic N) is 2. The number of rotatable bonds is 8. The molecule has 0 aliphatic rings. The molecule has 1 aromatic heterocycles. The minimum Gasteiger partial charge on any atom is -0.464 e. The zero-order chi connectivity index (χ0) is 20.1. The quantitative estimate of drug-likeness (QED) is 0.478. The van der Waals surface area contributed by atoms with Crippen LogP contribution in [-0.2, 0) is 15.6 Å². The summed E-state index contributed by atoms with van der Waals surface area (Å²) in [7, 11) is -0.486. The third-order valence-electron chi connectivity index (χ3n) is 5.47. The summed E-state index contributed by atoms with van der Waals surface area (Å²) >= 11 is 0. The van der Waals surface area contributed by atoms with Crippen LogP contribution in [0.15, 0.2) is 42.9 Å². The monoisotopic (exact) mass is 388 g/mol. The molecular formula is C21H32N2O3Si. The number of carbonyl (C=O) groups excluding carboxylic acids is 1. The zero-order valence-corrected chi connectivity index (χ0v) is 18.4. The number of hydrogen-bond donors (Lipinski definition) is 0. The van der Waals surface area contributed by atoms with Crippen LogP contribution in [-0.4, -0.2) is 37.6 Å². The van der Waals surface area contributed by atoms with E-state index >= 15 is 0 Å². The van der Waals surface area contributed by atoms with Crippen LogP contribution >= 0.6 is 0 Å². The third-order valence-corrected chi connectivity index (χ3v) is 9.97. The molecule has 0 bridgehead atoms. The molecule has 0 saturated carbocycles. The van der Waals surface area contributed by atoms with E-state index in [1.807, 2.05) is 10.6 Å². The topological polar surface area (TPSA) is 53.4 Å². The summed E-state index contributed by atoms with van der Waals surface area (Å²) < 4.78 is 13.2. The Bertz CT molecular complexity index is 735. The largest absolute Gasteiger partial charge is 0.464 e. The van der Waals surface area contributed by atoms with Crippen molar-refractivity contribution in [1.82, 2.24) is 9.55 Å². The second kappa shape index (κ2) is 8.84. The summed E-state index contributed by atoms with van der Waals surface area (Å²) in [5.41, 5.74) is 1.62. The molecule has 0 aliphatic carbocycles. The predicted molar refractivity (Wildman–Crippen MR) is 111 cm³/mol. The van der Waals surface area contributed by atoms with Gasteiger partial charge in [-0.3, -0.25) is 0 Å². The lowest BCUT2D eigenvalue weighted by Gasteiger charge is -2.37. The van der Waals surface area contributed by atoms with Crippen molar-refractivity contribution in [3.8, 4) is 0 Å². The first-order chi connectivity index (χ1) is 12.6. The van der Waals surface area contributed by atoms with Crippen LogP contribution in [0.3, 0.4) is 0 Å². The highest BCUT2D eigenvalue weighted by atomic mass is 28.4. The fourth-order valence-corrected chi connectivity index (χ4v) is 3.61. The smallest absolute Gasteiger partial charge is 0.358 e. The molecule has 148 valence electrons. The fraction of sp³-hybridized carbons (Fsp3) is 0.524. The number of esters is 1. The van der Waals surface area contributed by atoms with E-state index in [1.165, 1.54) is 12.7 Å². The number of ether oxygens (including phenoxy) is 1. The molecule has 5 nitrogen and oxygen atoms in total. The number of carbonyl (C=O) groups is 1. The number of aryl methyl sites for hydroxylation is 1. The standard InChI is InChI=1S/C21H32N2O3Si/c1-21(2,3)27(5,6)26-15-18(13-12-17-10-8-7-9-11-17)23-14-19(22-16-23)20(24)25-4/h7-11,14,16,18H,12-13,15H2,1-6H3/t18-/m0/s1. The maximum Gasteiger partial charge on any atom is 0.358 e. The molecule has 0 spiro atoms. The van der Waals surface area contributed by atoms with Gasteiger partial charge in [0.05, 0.1) is 26.1 Å². The van der Waals surface area contributed by atoms with Gasteiger partial charge in [-0.1, -0.05) is 51.1 Å². The molecule has 1 atom stereocenters. The van der Waals surface area contributed by atoms with E-state index in [1.54, 1.807) is 12.5 Å². The molecule has 2 rings (SSSR count). The number of hydrogen-bond acceptors (Lipinski definition) is 4. The Kier molecular flexibility index (Phi) is 7.00. The van der Waals surface area contributed by atoms with Gasteiger partial charge in [0.2, 0.25) is 0 Å². The van der Waals surface area contributed by atoms with E-state index in [0.29, 0.717) is 12.3 Å². The number of methoxy groups -OCH3 is 1. The van der Waals surface area contributed by atoms with Crippen LogP contribution in [0.4, 0.5) is 0 Å². The lowest BCUT2D eigenvalue weighted by atomic mass is 10.1. The molecule has 0 saturated heterocycles. The first-order valence-corrected chi connectivity index (χ1v) is 12.3. The highest BCUT2D eigenvalue weighted by Gasteiger charge is 2.37. The Labute approximate surface area is 163 Å². The summed E-state index contributed by atoms with van der Waals surface area (Å²) in [5.74, 6) is -0.416. The van der Waals surface area contributed by atoms with E-state index in [0.717, 1.165) is 12.8 Å². The van der Waals surface area contributed by atoms with Gasteiger partial charge in [0, 0.05) is 6.20 Å². The normalized spacial score (nSPS) is 13.4. The van der Waals surface area contributed by atoms with Gasteiger partial charge in [-0.15, -0.1) is 0 Å². The van der Waals surface area contributed by atoms with Crippen molar-refractivity contribution < 1.29 is 14.0 Å². The van der Waals surface area contributed by atoms with Gasteiger partial charge in [-0.05, 0) is 36.5 Å². The van der Waals surface area contributed by atoms with Gasteiger partial charge < -0.3 is 13.7 Å². The average molecular weight is 389 g/mol. The summed E-state index contributed by atoms with van der Waals surface area (Å²) in [6.45, 7) is 11.9. The van der Waals surface area contributed by atoms with E-state index in [-0.39, 0.29) is 11.1 Å². The van der Waals surface area contributed by atoms with E-state index in [9.17, 15) is 4.79 Å². The van der Waals surface area contributed by atoms with E-state index < -0.39 is 14.3 Å². The first-order valence-electron chi connectivity index (χ1n) is 9.44. The zero-order valence-electron chi connectivity index (χ0n) is 17.4. The maximum absolute atomic E-state index is 11.8. The van der Waals surface area contributed by atoms with Gasteiger partial charge in [0.1, 0.15) is 0 Å². The second-order valence-corrected chi connectivity index (χ2v) is 13.3. The van der Waals surface area contributed by atoms with Gasteiger partial charge in [0.25, 0.3) is 0 Å². The SMILES string of the molecule is COC(=O)c1cn([C@@H](CCc2ccccc2)CO[Si](C)(C)C(C)(C)C)cn1. The minimum atomic E-state index is -1.86. The Balaban J connectivity index is 2.15. The molecule has 2 aromatic rings. The molecule has 1 aromatic carbocycles. The van der Waals surface area contributed by atoms with E-state index in [2.05, 4.69) is 63.1 Å². The minimum absolute atomic E-state index is 0.116. The summed E-state index contributed by atoms with van der Waals surface area (Å²) in [4.78, 5) is 16.0. The van der Waals surface area contributed by atoms with Gasteiger partial charge in [-0.2, -0.15) is 0 Å². The first kappa shape index (κ1) is 21.4. The van der Waals surface area contributed by atoms with Crippen molar-refractivity contribution >= 4 is 14.3 Å². The lowest BCUT2D eigenvalue weighted by Crippen LogP contribution is -2.42. The van der Waals surface area contributed by atoms with Crippen LogP contribution in [0.2, 0.25) is 18.1 Å². The molecule has 0 unspecified atom stereocenters. The second-order valence-electron chi connectivity index (χ2n) is 8.45. The summed E-state index contributed by atoms with van der Waals surface area (Å²) in [6.07, 6.45) is 5.32. The number of aromatic nitrogens is 2. The molecular weight excluding hydrogens is 356 g/mol. The Hall–Kier alpha value is -1.92. The van der Waals surface area contributed by atoms with Crippen molar-refractivity contribution in [2.75, 3.05) is 13.7 Å². The van der Waals surface area contributed by atoms with Gasteiger partial charge in [0.15, 0.2) is 14.0 Å². The number of benzene rings is 1. The molecule has 6 heteroatoms. The van der Waals surface area contributed by atoms with E-state index in [4.69, 9.17) is 9.16 Å². The molecule has 0 radical (unpaired) electrons. The van der Waals surface area contributed by atoms with Crippen LogP contribution in [0.5, 0.6) is 0 Å². The van der Waals surface area contributed by atoms with Crippen molar-refractivity contribution in [3.05, 3.63) is 54.1 Å². The highest BCUT2D eigenvalue weighted by molar-refractivity contribution is 6.74. The Morgan fingerprint density at radius 2 is 1.89 bits per heavy atom. The fourth-order valence-electron chi connectivity index (χ4n) is 2.56. The summed E-state index contributed by atoms with van der Waals surface area (Å²) in [6, 6.07) is 10.5. The molecule has 0 aliphatic heterocycles. The van der Waals surface area contributed by atoms with Gasteiger partial charge >= 0.3 is 5.97 Å². The lowest BCUT2D eigenvalue weighted by molar-refractivity contribution is 0.0594. The van der Waals surface area contributed by atoms with Crippen molar-refractivity contribution in [1.29, 1.82) is 0 Å². The van der Waals surface area contributed by atoms with Gasteiger partial charge in [-0.25, -0.2) is 9.78 Å². The van der Waals surface area contributed by atoms with Crippen molar-refractivity contribution in [2.24, 2.45) is 0 Å². The van der Waals surface area contributed by atoms with Crippen LogP contribution in [0.25, 0.3) is 0 Å². The average Bonchev–Trinajstić information content (AvgIpc) is 3.11. The molecule has 0 amide bonds. The van der Waals surface area contributed by atoms with Crippen LogP contribution < -0.4 is 0 Å². The predicted octanol–water partition coefficient (Wildman–Crippen LogP) is 4.87.